The number of thioether (sulfide) groups is 1. The maximum atomic E-state index is 13.1. The summed E-state index contributed by atoms with van der Waals surface area (Å²) in [5, 5.41) is 11.9. The number of carboxylic acid groups (broad SMARTS) is 1. The molecule has 1 amide bonds. The number of carbonyl (C=O) groups is 2. The van der Waals surface area contributed by atoms with E-state index < -0.39 is 29.3 Å². The molecule has 0 unspecified atom stereocenters. The molecular weight excluding hydrogens is 297 g/mol. The van der Waals surface area contributed by atoms with E-state index in [-0.39, 0.29) is 5.75 Å². The molecule has 21 heavy (non-hydrogen) atoms. The molecular formula is C14H16FNO4S. The van der Waals surface area contributed by atoms with Gasteiger partial charge in [0, 0.05) is 11.8 Å². The van der Waals surface area contributed by atoms with E-state index >= 15 is 0 Å². The van der Waals surface area contributed by atoms with Crippen molar-refractivity contribution >= 4 is 23.6 Å². The van der Waals surface area contributed by atoms with Crippen LogP contribution in [-0.4, -0.2) is 40.1 Å². The number of carboxylic acids is 1. The molecule has 1 aromatic rings. The number of rotatable bonds is 5. The Morgan fingerprint density at radius 2 is 2.29 bits per heavy atom. The number of ether oxygens (including phenoxy) is 1. The molecule has 2 atom stereocenters. The molecule has 7 heteroatoms. The SMILES string of the molecule is C[C@@H](Oc1cccc(F)c1)C(=O)N[C@@]1(C(=O)O)CCSC1. The number of carbonyl (C=O) groups excluding carboxylic acids is 1. The summed E-state index contributed by atoms with van der Waals surface area (Å²) in [5.41, 5.74) is -1.23. The van der Waals surface area contributed by atoms with Crippen molar-refractivity contribution in [1.29, 1.82) is 0 Å². The minimum absolute atomic E-state index is 0.225. The van der Waals surface area contributed by atoms with Crippen LogP contribution in [0.2, 0.25) is 0 Å². The van der Waals surface area contributed by atoms with Gasteiger partial charge in [-0.2, -0.15) is 11.8 Å². The highest BCUT2D eigenvalue weighted by atomic mass is 32.2. The van der Waals surface area contributed by atoms with Gasteiger partial charge in [0.15, 0.2) is 6.10 Å². The van der Waals surface area contributed by atoms with Gasteiger partial charge >= 0.3 is 5.97 Å². The molecule has 1 aromatic carbocycles. The molecule has 2 rings (SSSR count). The summed E-state index contributed by atoms with van der Waals surface area (Å²) in [6.07, 6.45) is -0.528. The van der Waals surface area contributed by atoms with Crippen molar-refractivity contribution in [2.24, 2.45) is 0 Å². The van der Waals surface area contributed by atoms with Crippen molar-refractivity contribution in [2.45, 2.75) is 25.0 Å². The van der Waals surface area contributed by atoms with Crippen molar-refractivity contribution in [1.82, 2.24) is 5.32 Å². The Balaban J connectivity index is 2.01. The van der Waals surface area contributed by atoms with Gasteiger partial charge in [0.2, 0.25) is 0 Å². The molecule has 0 radical (unpaired) electrons. The number of benzene rings is 1. The Hall–Kier alpha value is -1.76. The molecule has 1 fully saturated rings. The smallest absolute Gasteiger partial charge is 0.330 e. The zero-order chi connectivity index (χ0) is 15.5. The van der Waals surface area contributed by atoms with E-state index in [1.165, 1.54) is 43.0 Å². The summed E-state index contributed by atoms with van der Waals surface area (Å²) in [5.74, 6) is -0.785. The molecule has 1 aliphatic rings. The molecule has 0 aliphatic carbocycles. The van der Waals surface area contributed by atoms with E-state index in [1.54, 1.807) is 0 Å². The van der Waals surface area contributed by atoms with E-state index in [4.69, 9.17) is 4.74 Å². The van der Waals surface area contributed by atoms with Gasteiger partial charge in [-0.3, -0.25) is 4.79 Å². The Labute approximate surface area is 125 Å². The monoisotopic (exact) mass is 313 g/mol. The second kappa shape index (κ2) is 6.34. The topological polar surface area (TPSA) is 75.6 Å². The van der Waals surface area contributed by atoms with Crippen molar-refractivity contribution in [3.63, 3.8) is 0 Å². The lowest BCUT2D eigenvalue weighted by atomic mass is 9.99. The number of hydrogen-bond donors (Lipinski definition) is 2. The van der Waals surface area contributed by atoms with Crippen LogP contribution in [0.4, 0.5) is 4.39 Å². The summed E-state index contributed by atoms with van der Waals surface area (Å²) >= 11 is 1.48. The third-order valence-corrected chi connectivity index (χ3v) is 4.46. The van der Waals surface area contributed by atoms with Gasteiger partial charge in [0.05, 0.1) is 0 Å². The fraction of sp³-hybridized carbons (Fsp3) is 0.429. The lowest BCUT2D eigenvalue weighted by Crippen LogP contribution is -2.57. The molecule has 0 bridgehead atoms. The van der Waals surface area contributed by atoms with Crippen molar-refractivity contribution in [3.8, 4) is 5.75 Å². The molecule has 1 saturated heterocycles. The van der Waals surface area contributed by atoms with Gasteiger partial charge in [0.25, 0.3) is 5.91 Å². The minimum atomic E-state index is -1.23. The van der Waals surface area contributed by atoms with Gasteiger partial charge in [-0.15, -0.1) is 0 Å². The zero-order valence-corrected chi connectivity index (χ0v) is 12.3. The minimum Gasteiger partial charge on any atom is -0.481 e. The Kier molecular flexibility index (Phi) is 4.72. The highest BCUT2D eigenvalue weighted by molar-refractivity contribution is 7.99. The Morgan fingerprint density at radius 1 is 1.52 bits per heavy atom. The predicted molar refractivity (Wildman–Crippen MR) is 76.9 cm³/mol. The number of halogens is 1. The first kappa shape index (κ1) is 15.6. The predicted octanol–water partition coefficient (Wildman–Crippen LogP) is 1.67. The normalized spacial score (nSPS) is 22.6. The molecule has 0 saturated carbocycles. The summed E-state index contributed by atoms with van der Waals surface area (Å²) in [6.45, 7) is 1.50. The molecule has 2 N–H and O–H groups in total. The standard InChI is InChI=1S/C14H16FNO4S/c1-9(20-11-4-2-3-10(15)7-11)12(17)16-14(13(18)19)5-6-21-8-14/h2-4,7,9H,5-6,8H2,1H3,(H,16,17)(H,18,19)/t9-,14+/m1/s1. The Morgan fingerprint density at radius 3 is 2.86 bits per heavy atom. The van der Waals surface area contributed by atoms with Gasteiger partial charge in [-0.1, -0.05) is 6.07 Å². The molecule has 114 valence electrons. The fourth-order valence-corrected chi connectivity index (χ4v) is 3.35. The fourth-order valence-electron chi connectivity index (χ4n) is 2.02. The maximum Gasteiger partial charge on any atom is 0.330 e. The van der Waals surface area contributed by atoms with Gasteiger partial charge in [-0.05, 0) is 31.2 Å². The van der Waals surface area contributed by atoms with Crippen molar-refractivity contribution < 1.29 is 23.8 Å². The summed E-state index contributed by atoms with van der Waals surface area (Å²) in [4.78, 5) is 23.5. The van der Waals surface area contributed by atoms with Crippen LogP contribution in [0.1, 0.15) is 13.3 Å². The van der Waals surface area contributed by atoms with Crippen LogP contribution in [0.15, 0.2) is 24.3 Å². The van der Waals surface area contributed by atoms with E-state index in [0.717, 1.165) is 0 Å². The average Bonchev–Trinajstić information content (AvgIpc) is 2.88. The van der Waals surface area contributed by atoms with Gasteiger partial charge < -0.3 is 15.2 Å². The average molecular weight is 313 g/mol. The van der Waals surface area contributed by atoms with Crippen LogP contribution in [-0.2, 0) is 9.59 Å². The number of hydrogen-bond acceptors (Lipinski definition) is 4. The van der Waals surface area contributed by atoms with Crippen LogP contribution in [0.3, 0.4) is 0 Å². The van der Waals surface area contributed by atoms with Crippen LogP contribution in [0, 0.1) is 5.82 Å². The van der Waals surface area contributed by atoms with Crippen LogP contribution in [0.25, 0.3) is 0 Å². The highest BCUT2D eigenvalue weighted by Gasteiger charge is 2.44. The number of nitrogens with one attached hydrogen (secondary N) is 1. The highest BCUT2D eigenvalue weighted by Crippen LogP contribution is 2.28. The Bertz CT molecular complexity index is 546. The maximum absolute atomic E-state index is 13.1. The summed E-state index contributed by atoms with van der Waals surface area (Å²) in [6, 6.07) is 5.45. The molecule has 0 spiro atoms. The van der Waals surface area contributed by atoms with Crippen molar-refractivity contribution in [2.75, 3.05) is 11.5 Å². The van der Waals surface area contributed by atoms with Crippen LogP contribution >= 0.6 is 11.8 Å². The molecule has 5 nitrogen and oxygen atoms in total. The lowest BCUT2D eigenvalue weighted by molar-refractivity contribution is -0.147. The second-order valence-electron chi connectivity index (χ2n) is 4.90. The molecule has 0 aromatic heterocycles. The lowest BCUT2D eigenvalue weighted by Gasteiger charge is -2.26. The third-order valence-electron chi connectivity index (χ3n) is 3.27. The van der Waals surface area contributed by atoms with Gasteiger partial charge in [0.1, 0.15) is 17.1 Å². The first-order chi connectivity index (χ1) is 9.93. The zero-order valence-electron chi connectivity index (χ0n) is 11.5. The van der Waals surface area contributed by atoms with Crippen LogP contribution in [0.5, 0.6) is 5.75 Å². The molecule has 1 aliphatic heterocycles. The van der Waals surface area contributed by atoms with E-state index in [9.17, 15) is 19.1 Å². The largest absolute Gasteiger partial charge is 0.481 e. The van der Waals surface area contributed by atoms with Gasteiger partial charge in [-0.25, -0.2) is 9.18 Å². The van der Waals surface area contributed by atoms with Crippen LogP contribution < -0.4 is 10.1 Å². The first-order valence-corrected chi connectivity index (χ1v) is 7.64. The van der Waals surface area contributed by atoms with Crippen molar-refractivity contribution in [3.05, 3.63) is 30.1 Å². The van der Waals surface area contributed by atoms with E-state index in [1.807, 2.05) is 0 Å². The summed E-state index contributed by atoms with van der Waals surface area (Å²) < 4.78 is 18.4. The van der Waals surface area contributed by atoms with E-state index in [2.05, 4.69) is 5.32 Å². The quantitative estimate of drug-likeness (QED) is 0.865. The number of aliphatic carboxylic acids is 1. The van der Waals surface area contributed by atoms with E-state index in [0.29, 0.717) is 17.9 Å². The second-order valence-corrected chi connectivity index (χ2v) is 6.00. The summed E-state index contributed by atoms with van der Waals surface area (Å²) in [7, 11) is 0. The first-order valence-electron chi connectivity index (χ1n) is 6.48. The molecule has 1 heterocycles. The third kappa shape index (κ3) is 3.66. The number of amides is 1.